The van der Waals surface area contributed by atoms with Crippen LogP contribution in [0.25, 0.3) is 11.3 Å². The van der Waals surface area contributed by atoms with Crippen molar-refractivity contribution in [2.75, 3.05) is 0 Å². The highest BCUT2D eigenvalue weighted by Crippen LogP contribution is 2.30. The van der Waals surface area contributed by atoms with E-state index in [0.717, 1.165) is 24.1 Å². The second-order valence-corrected chi connectivity index (χ2v) is 8.35. The van der Waals surface area contributed by atoms with Gasteiger partial charge >= 0.3 is 5.97 Å². The summed E-state index contributed by atoms with van der Waals surface area (Å²) in [6.07, 6.45) is 15.8. The van der Waals surface area contributed by atoms with E-state index in [1.54, 1.807) is 0 Å². The van der Waals surface area contributed by atoms with Gasteiger partial charge in [0, 0.05) is 11.8 Å². The number of ether oxygens (including phenoxy) is 1. The summed E-state index contributed by atoms with van der Waals surface area (Å²) in [5, 5.41) is 0. The van der Waals surface area contributed by atoms with Crippen LogP contribution in [0.5, 0.6) is 5.75 Å². The molecular formula is C27H39NO2. The van der Waals surface area contributed by atoms with Crippen LogP contribution in [0.4, 0.5) is 0 Å². The third kappa shape index (κ3) is 8.30. The van der Waals surface area contributed by atoms with E-state index in [1.165, 1.54) is 63.4 Å². The number of pyridine rings is 1. The third-order valence-electron chi connectivity index (χ3n) is 5.78. The smallest absolute Gasteiger partial charge is 0.314 e. The maximum absolute atomic E-state index is 12.3. The second-order valence-electron chi connectivity index (χ2n) is 8.35. The Balaban J connectivity index is 1.88. The van der Waals surface area contributed by atoms with E-state index < -0.39 is 0 Å². The SMILES string of the molecule is CCCCCCCCCCCc1ccnc(-c2ccccc2OC(=O)C(C)CC)c1. The molecule has 1 aromatic heterocycles. The van der Waals surface area contributed by atoms with Gasteiger partial charge in [-0.1, -0.05) is 84.3 Å². The van der Waals surface area contributed by atoms with Gasteiger partial charge in [-0.3, -0.25) is 9.78 Å². The summed E-state index contributed by atoms with van der Waals surface area (Å²) in [6.45, 7) is 6.16. The molecule has 30 heavy (non-hydrogen) atoms. The third-order valence-corrected chi connectivity index (χ3v) is 5.78. The molecule has 0 fully saturated rings. The Morgan fingerprint density at radius 2 is 1.60 bits per heavy atom. The molecule has 0 aliphatic rings. The lowest BCUT2D eigenvalue weighted by atomic mass is 10.0. The van der Waals surface area contributed by atoms with Crippen molar-refractivity contribution >= 4 is 5.97 Å². The molecule has 0 aliphatic heterocycles. The number of hydrogen-bond acceptors (Lipinski definition) is 3. The average molecular weight is 410 g/mol. The topological polar surface area (TPSA) is 39.2 Å². The maximum Gasteiger partial charge on any atom is 0.314 e. The summed E-state index contributed by atoms with van der Waals surface area (Å²) in [5.74, 6) is 0.301. The molecule has 2 aromatic rings. The molecule has 3 nitrogen and oxygen atoms in total. The zero-order valence-electron chi connectivity index (χ0n) is 19.2. The predicted molar refractivity (Wildman–Crippen MR) is 126 cm³/mol. The molecule has 164 valence electrons. The van der Waals surface area contributed by atoms with Crippen LogP contribution in [0.15, 0.2) is 42.6 Å². The Hall–Kier alpha value is -2.16. The Bertz CT molecular complexity index is 756. The first-order valence-electron chi connectivity index (χ1n) is 11.9. The summed E-state index contributed by atoms with van der Waals surface area (Å²) in [6, 6.07) is 11.9. The van der Waals surface area contributed by atoms with E-state index >= 15 is 0 Å². The molecule has 0 radical (unpaired) electrons. The molecule has 2 rings (SSSR count). The van der Waals surface area contributed by atoms with E-state index in [2.05, 4.69) is 24.0 Å². The maximum atomic E-state index is 12.3. The van der Waals surface area contributed by atoms with Crippen molar-refractivity contribution in [3.05, 3.63) is 48.2 Å². The predicted octanol–water partition coefficient (Wildman–Crippen LogP) is 7.77. The van der Waals surface area contributed by atoms with Crippen LogP contribution in [0.2, 0.25) is 0 Å². The number of esters is 1. The Labute approximate surface area is 183 Å². The number of para-hydroxylation sites is 1. The Kier molecular flexibility index (Phi) is 11.2. The molecule has 1 atom stereocenters. The van der Waals surface area contributed by atoms with Gasteiger partial charge in [-0.2, -0.15) is 0 Å². The standard InChI is InChI=1S/C27H39NO2/c1-4-6-7-8-9-10-11-12-13-16-23-19-20-28-25(21-23)24-17-14-15-18-26(24)30-27(29)22(3)5-2/h14-15,17-22H,4-13,16H2,1-3H3. The van der Waals surface area contributed by atoms with Gasteiger partial charge in [0.1, 0.15) is 5.75 Å². The molecule has 0 aliphatic carbocycles. The minimum Gasteiger partial charge on any atom is -0.426 e. The van der Waals surface area contributed by atoms with Gasteiger partial charge in [-0.05, 0) is 49.1 Å². The molecule has 0 saturated carbocycles. The van der Waals surface area contributed by atoms with Crippen molar-refractivity contribution in [3.8, 4) is 17.0 Å². The van der Waals surface area contributed by atoms with Crippen molar-refractivity contribution in [1.82, 2.24) is 4.98 Å². The van der Waals surface area contributed by atoms with E-state index in [4.69, 9.17) is 4.74 Å². The fourth-order valence-electron chi connectivity index (χ4n) is 3.56. The second kappa shape index (κ2) is 14.0. The van der Waals surface area contributed by atoms with Crippen LogP contribution in [0.3, 0.4) is 0 Å². The van der Waals surface area contributed by atoms with Gasteiger partial charge in [0.05, 0.1) is 11.6 Å². The van der Waals surface area contributed by atoms with Gasteiger partial charge in [-0.15, -0.1) is 0 Å². The largest absolute Gasteiger partial charge is 0.426 e. The van der Waals surface area contributed by atoms with E-state index in [0.29, 0.717) is 5.75 Å². The number of aryl methyl sites for hydroxylation is 1. The quantitative estimate of drug-likeness (QED) is 0.182. The summed E-state index contributed by atoms with van der Waals surface area (Å²) >= 11 is 0. The minimum absolute atomic E-state index is 0.107. The first kappa shape index (κ1) is 24.1. The molecule has 1 unspecified atom stereocenters. The van der Waals surface area contributed by atoms with Crippen molar-refractivity contribution < 1.29 is 9.53 Å². The van der Waals surface area contributed by atoms with Crippen molar-refractivity contribution in [2.24, 2.45) is 5.92 Å². The van der Waals surface area contributed by atoms with Crippen molar-refractivity contribution in [1.29, 1.82) is 0 Å². The number of carbonyl (C=O) groups excluding carboxylic acids is 1. The zero-order valence-corrected chi connectivity index (χ0v) is 19.2. The van der Waals surface area contributed by atoms with E-state index in [9.17, 15) is 4.79 Å². The van der Waals surface area contributed by atoms with Gasteiger partial charge in [-0.25, -0.2) is 0 Å². The number of unbranched alkanes of at least 4 members (excludes halogenated alkanes) is 8. The van der Waals surface area contributed by atoms with Gasteiger partial charge in [0.25, 0.3) is 0 Å². The summed E-state index contributed by atoms with van der Waals surface area (Å²) < 4.78 is 5.67. The Morgan fingerprint density at radius 1 is 0.933 bits per heavy atom. The minimum atomic E-state index is -0.184. The van der Waals surface area contributed by atoms with Crippen LogP contribution in [0.1, 0.15) is 90.5 Å². The van der Waals surface area contributed by atoms with E-state index in [1.807, 2.05) is 44.3 Å². The van der Waals surface area contributed by atoms with Crippen LogP contribution < -0.4 is 4.74 Å². The number of nitrogens with zero attached hydrogens (tertiary/aromatic N) is 1. The molecule has 0 bridgehead atoms. The number of rotatable bonds is 14. The van der Waals surface area contributed by atoms with Crippen molar-refractivity contribution in [2.45, 2.75) is 91.4 Å². The zero-order chi connectivity index (χ0) is 21.6. The van der Waals surface area contributed by atoms with Crippen LogP contribution in [-0.4, -0.2) is 11.0 Å². The van der Waals surface area contributed by atoms with Gasteiger partial charge in [0.15, 0.2) is 0 Å². The molecule has 0 amide bonds. The number of carbonyl (C=O) groups is 1. The lowest BCUT2D eigenvalue weighted by molar-refractivity contribution is -0.138. The van der Waals surface area contributed by atoms with Crippen LogP contribution in [0, 0.1) is 5.92 Å². The van der Waals surface area contributed by atoms with Crippen LogP contribution >= 0.6 is 0 Å². The highest BCUT2D eigenvalue weighted by molar-refractivity contribution is 5.78. The summed E-state index contributed by atoms with van der Waals surface area (Å²) in [5.41, 5.74) is 3.05. The fourth-order valence-corrected chi connectivity index (χ4v) is 3.56. The van der Waals surface area contributed by atoms with Crippen molar-refractivity contribution in [3.63, 3.8) is 0 Å². The first-order chi connectivity index (χ1) is 14.7. The number of hydrogen-bond donors (Lipinski definition) is 0. The van der Waals surface area contributed by atoms with Gasteiger partial charge in [0.2, 0.25) is 0 Å². The molecule has 0 spiro atoms. The highest BCUT2D eigenvalue weighted by atomic mass is 16.5. The lowest BCUT2D eigenvalue weighted by Gasteiger charge is -2.13. The molecule has 0 N–H and O–H groups in total. The molecular weight excluding hydrogens is 370 g/mol. The molecule has 3 heteroatoms. The molecule has 0 saturated heterocycles. The normalized spacial score (nSPS) is 12.0. The van der Waals surface area contributed by atoms with E-state index in [-0.39, 0.29) is 11.9 Å². The Morgan fingerprint density at radius 3 is 2.30 bits per heavy atom. The summed E-state index contributed by atoms with van der Waals surface area (Å²) in [7, 11) is 0. The van der Waals surface area contributed by atoms with Crippen LogP contribution in [-0.2, 0) is 11.2 Å². The average Bonchev–Trinajstić information content (AvgIpc) is 2.78. The molecule has 1 heterocycles. The monoisotopic (exact) mass is 409 g/mol. The fraction of sp³-hybridized carbons (Fsp3) is 0.556. The lowest BCUT2D eigenvalue weighted by Crippen LogP contribution is -2.17. The number of benzene rings is 1. The summed E-state index contributed by atoms with van der Waals surface area (Å²) in [4.78, 5) is 16.8. The first-order valence-corrected chi connectivity index (χ1v) is 11.9. The van der Waals surface area contributed by atoms with Gasteiger partial charge < -0.3 is 4.74 Å². The molecule has 1 aromatic carbocycles. The number of aromatic nitrogens is 1. The highest BCUT2D eigenvalue weighted by Gasteiger charge is 2.16.